The molecule has 0 saturated carbocycles. The Hall–Kier alpha value is -3.04. The summed E-state index contributed by atoms with van der Waals surface area (Å²) in [5.74, 6) is 0.0820. The maximum atomic E-state index is 12.6. The molecule has 3 rings (SSSR count). The van der Waals surface area contributed by atoms with Crippen LogP contribution in [0.3, 0.4) is 0 Å². The molecule has 0 aliphatic carbocycles. The van der Waals surface area contributed by atoms with E-state index in [2.05, 4.69) is 20.2 Å². The summed E-state index contributed by atoms with van der Waals surface area (Å²) in [6, 6.07) is 13.3. The zero-order valence-corrected chi connectivity index (χ0v) is 16.3. The summed E-state index contributed by atoms with van der Waals surface area (Å²) >= 11 is 5.80. The Morgan fingerprint density at radius 1 is 1.21 bits per heavy atom. The van der Waals surface area contributed by atoms with Crippen molar-refractivity contribution < 1.29 is 17.9 Å². The van der Waals surface area contributed by atoms with E-state index in [0.717, 1.165) is 11.8 Å². The minimum absolute atomic E-state index is 0.0932. The van der Waals surface area contributed by atoms with Gasteiger partial charge in [0.1, 0.15) is 5.75 Å². The maximum absolute atomic E-state index is 12.6. The average Bonchev–Trinajstić information content (AvgIpc) is 3.19. The van der Waals surface area contributed by atoms with E-state index in [9.17, 15) is 13.2 Å². The third-order valence-electron chi connectivity index (χ3n) is 3.80. The molecule has 2 aromatic carbocycles. The lowest BCUT2D eigenvalue weighted by molar-refractivity contribution is 0.0947. The lowest BCUT2D eigenvalue weighted by Crippen LogP contribution is -2.25. The number of methoxy groups -OCH3 is 1. The van der Waals surface area contributed by atoms with Crippen LogP contribution in [0.4, 0.5) is 5.69 Å². The molecule has 0 fully saturated rings. The second kappa shape index (κ2) is 8.32. The Morgan fingerprint density at radius 3 is 2.68 bits per heavy atom. The van der Waals surface area contributed by atoms with Crippen molar-refractivity contribution in [2.45, 2.75) is 11.6 Å². The lowest BCUT2D eigenvalue weighted by Gasteiger charge is -2.09. The number of ether oxygens (including phenoxy) is 1. The number of carbonyl (C=O) groups is 1. The number of rotatable bonds is 7. The zero-order chi connectivity index (χ0) is 20.1. The molecule has 0 radical (unpaired) electrons. The number of anilines is 1. The predicted molar refractivity (Wildman–Crippen MR) is 105 cm³/mol. The molecule has 0 saturated heterocycles. The number of carbonyl (C=O) groups excluding carboxylic acids is 1. The van der Waals surface area contributed by atoms with Crippen molar-refractivity contribution in [2.75, 3.05) is 11.8 Å². The van der Waals surface area contributed by atoms with Gasteiger partial charge in [-0.2, -0.15) is 13.5 Å². The van der Waals surface area contributed by atoms with Gasteiger partial charge in [-0.3, -0.25) is 14.6 Å². The molecule has 0 spiro atoms. The number of nitrogens with one attached hydrogen (secondary N) is 3. The molecule has 1 aromatic heterocycles. The Labute approximate surface area is 166 Å². The Bertz CT molecular complexity index is 1080. The van der Waals surface area contributed by atoms with Crippen molar-refractivity contribution in [1.82, 2.24) is 15.5 Å². The number of hydrogen-bond donors (Lipinski definition) is 3. The summed E-state index contributed by atoms with van der Waals surface area (Å²) in [4.78, 5) is 12.5. The van der Waals surface area contributed by atoms with Crippen molar-refractivity contribution in [1.29, 1.82) is 0 Å². The topological polar surface area (TPSA) is 113 Å². The van der Waals surface area contributed by atoms with Gasteiger partial charge in [-0.1, -0.05) is 23.7 Å². The molecule has 3 aromatic rings. The highest BCUT2D eigenvalue weighted by Crippen LogP contribution is 2.20. The van der Waals surface area contributed by atoms with Gasteiger partial charge in [-0.05, 0) is 42.0 Å². The molecule has 0 unspecified atom stereocenters. The number of benzene rings is 2. The molecule has 0 aliphatic heterocycles. The number of H-pyrrole nitrogens is 1. The second-order valence-corrected chi connectivity index (χ2v) is 7.82. The second-order valence-electron chi connectivity index (χ2n) is 5.76. The minimum Gasteiger partial charge on any atom is -0.497 e. The van der Waals surface area contributed by atoms with Gasteiger partial charge >= 0.3 is 0 Å². The summed E-state index contributed by atoms with van der Waals surface area (Å²) < 4.78 is 32.8. The third-order valence-corrected chi connectivity index (χ3v) is 5.41. The van der Waals surface area contributed by atoms with Crippen LogP contribution in [-0.2, 0) is 16.6 Å². The van der Waals surface area contributed by atoms with Crippen molar-refractivity contribution >= 4 is 33.2 Å². The Kier molecular flexibility index (Phi) is 5.86. The van der Waals surface area contributed by atoms with Gasteiger partial charge in [0, 0.05) is 17.3 Å². The highest BCUT2D eigenvalue weighted by atomic mass is 35.5. The predicted octanol–water partition coefficient (Wildman–Crippen LogP) is 2.80. The quantitative estimate of drug-likeness (QED) is 0.544. The fourth-order valence-corrected chi connectivity index (χ4v) is 3.71. The summed E-state index contributed by atoms with van der Waals surface area (Å²) in [5, 5.41) is 8.89. The standard InChI is InChI=1S/C18H17ClN4O4S/c1-27-15-4-2-3-12(9-15)10-20-17(24)16-11-21-22-18(16)28(25,26)23-14-7-5-13(19)6-8-14/h2-9,11,23H,10H2,1H3,(H,20,24)(H,21,22). The van der Waals surface area contributed by atoms with Crippen molar-refractivity contribution in [2.24, 2.45) is 0 Å². The first-order chi connectivity index (χ1) is 13.4. The lowest BCUT2D eigenvalue weighted by atomic mass is 10.2. The number of aromatic nitrogens is 2. The first kappa shape index (κ1) is 19.7. The minimum atomic E-state index is -4.04. The molecular formula is C18H17ClN4O4S. The number of hydrogen-bond acceptors (Lipinski definition) is 5. The highest BCUT2D eigenvalue weighted by molar-refractivity contribution is 7.92. The van der Waals surface area contributed by atoms with Crippen LogP contribution < -0.4 is 14.8 Å². The van der Waals surface area contributed by atoms with Crippen LogP contribution in [0.1, 0.15) is 15.9 Å². The molecule has 28 heavy (non-hydrogen) atoms. The number of sulfonamides is 1. The number of aromatic amines is 1. The Balaban J connectivity index is 1.74. The van der Waals surface area contributed by atoms with Gasteiger partial charge in [-0.15, -0.1) is 0 Å². The molecule has 0 atom stereocenters. The van der Waals surface area contributed by atoms with E-state index in [4.69, 9.17) is 16.3 Å². The van der Waals surface area contributed by atoms with Crippen molar-refractivity contribution in [3.05, 3.63) is 70.9 Å². The van der Waals surface area contributed by atoms with Gasteiger partial charge < -0.3 is 10.1 Å². The highest BCUT2D eigenvalue weighted by Gasteiger charge is 2.25. The van der Waals surface area contributed by atoms with E-state index in [1.807, 2.05) is 6.07 Å². The van der Waals surface area contributed by atoms with Crippen molar-refractivity contribution in [3.63, 3.8) is 0 Å². The third kappa shape index (κ3) is 4.62. The molecule has 0 aliphatic rings. The van der Waals surface area contributed by atoms with E-state index in [1.54, 1.807) is 37.4 Å². The molecule has 8 nitrogen and oxygen atoms in total. The van der Waals surface area contributed by atoms with Crippen LogP contribution in [0.2, 0.25) is 5.02 Å². The van der Waals surface area contributed by atoms with Gasteiger partial charge in [-0.25, -0.2) is 0 Å². The summed E-state index contributed by atoms with van der Waals surface area (Å²) in [6.07, 6.45) is 1.16. The largest absolute Gasteiger partial charge is 0.497 e. The normalized spacial score (nSPS) is 11.1. The summed E-state index contributed by atoms with van der Waals surface area (Å²) in [5.41, 5.74) is 1.02. The van der Waals surface area contributed by atoms with Crippen molar-refractivity contribution in [3.8, 4) is 5.75 Å². The van der Waals surface area contributed by atoms with Gasteiger partial charge in [0.05, 0.1) is 18.9 Å². The molecule has 146 valence electrons. The first-order valence-electron chi connectivity index (χ1n) is 8.12. The van der Waals surface area contributed by atoms with Crippen LogP contribution in [0.25, 0.3) is 0 Å². The molecule has 10 heteroatoms. The van der Waals surface area contributed by atoms with E-state index in [-0.39, 0.29) is 17.1 Å². The average molecular weight is 421 g/mol. The monoisotopic (exact) mass is 420 g/mol. The summed E-state index contributed by atoms with van der Waals surface area (Å²) in [6.45, 7) is 0.200. The number of nitrogens with zero attached hydrogens (tertiary/aromatic N) is 1. The van der Waals surface area contributed by atoms with Gasteiger partial charge in [0.2, 0.25) is 0 Å². The fraction of sp³-hybridized carbons (Fsp3) is 0.111. The number of amides is 1. The molecule has 0 bridgehead atoms. The van der Waals surface area contributed by atoms with Gasteiger partial charge in [0.25, 0.3) is 15.9 Å². The molecular weight excluding hydrogens is 404 g/mol. The molecule has 1 amide bonds. The molecule has 3 N–H and O–H groups in total. The Morgan fingerprint density at radius 2 is 1.96 bits per heavy atom. The first-order valence-corrected chi connectivity index (χ1v) is 9.98. The summed E-state index contributed by atoms with van der Waals surface area (Å²) in [7, 11) is -2.49. The maximum Gasteiger partial charge on any atom is 0.279 e. The SMILES string of the molecule is COc1cccc(CNC(=O)c2cn[nH]c2S(=O)(=O)Nc2ccc(Cl)cc2)c1. The van der Waals surface area contributed by atoms with Crippen LogP contribution in [0, 0.1) is 0 Å². The zero-order valence-electron chi connectivity index (χ0n) is 14.8. The van der Waals surface area contributed by atoms with Crippen LogP contribution in [0.5, 0.6) is 5.75 Å². The van der Waals surface area contributed by atoms with E-state index < -0.39 is 15.9 Å². The van der Waals surface area contributed by atoms with Crippen LogP contribution >= 0.6 is 11.6 Å². The van der Waals surface area contributed by atoms with E-state index >= 15 is 0 Å². The molecule has 1 heterocycles. The smallest absolute Gasteiger partial charge is 0.279 e. The van der Waals surface area contributed by atoms with E-state index in [0.29, 0.717) is 16.5 Å². The van der Waals surface area contributed by atoms with E-state index in [1.165, 1.54) is 12.1 Å². The fourth-order valence-electron chi connectivity index (χ4n) is 2.42. The number of halogens is 1. The van der Waals surface area contributed by atoms with Gasteiger partial charge in [0.15, 0.2) is 5.03 Å². The van der Waals surface area contributed by atoms with Crippen LogP contribution in [-0.4, -0.2) is 31.6 Å². The van der Waals surface area contributed by atoms with Crippen LogP contribution in [0.15, 0.2) is 59.8 Å².